The quantitative estimate of drug-likeness (QED) is 0.203. The Labute approximate surface area is 210 Å². The molecule has 0 bridgehead atoms. The van der Waals surface area contributed by atoms with Crippen molar-refractivity contribution in [3.05, 3.63) is 98.5 Å². The first-order chi connectivity index (χ1) is 16.4. The smallest absolute Gasteiger partial charge is 0.338 e. The lowest BCUT2D eigenvalue weighted by Gasteiger charge is -2.09. The molecule has 0 aliphatic carbocycles. The van der Waals surface area contributed by atoms with Gasteiger partial charge in [-0.15, -0.1) is 0 Å². The number of ether oxygens (including phenoxy) is 2. The summed E-state index contributed by atoms with van der Waals surface area (Å²) >= 11 is 9.73. The molecule has 0 aliphatic heterocycles. The molecule has 0 spiro atoms. The van der Waals surface area contributed by atoms with Gasteiger partial charge in [-0.2, -0.15) is 5.26 Å². The van der Waals surface area contributed by atoms with Crippen LogP contribution in [0.4, 0.5) is 5.69 Å². The molecule has 0 radical (unpaired) electrons. The fourth-order valence-electron chi connectivity index (χ4n) is 2.88. The molecule has 0 heterocycles. The average Bonchev–Trinajstić information content (AvgIpc) is 2.83. The van der Waals surface area contributed by atoms with Gasteiger partial charge in [0.2, 0.25) is 0 Å². The molecule has 0 unspecified atom stereocenters. The summed E-state index contributed by atoms with van der Waals surface area (Å²) in [5.74, 6) is -0.538. The van der Waals surface area contributed by atoms with Gasteiger partial charge < -0.3 is 14.8 Å². The number of benzene rings is 3. The van der Waals surface area contributed by atoms with Gasteiger partial charge in [0.25, 0.3) is 5.91 Å². The number of nitrogens with one attached hydrogen (secondary N) is 1. The van der Waals surface area contributed by atoms with E-state index in [-0.39, 0.29) is 12.2 Å². The van der Waals surface area contributed by atoms with Gasteiger partial charge in [-0.1, -0.05) is 45.7 Å². The number of nitriles is 1. The number of rotatable bonds is 8. The normalized spacial score (nSPS) is 10.8. The summed E-state index contributed by atoms with van der Waals surface area (Å²) in [6.07, 6.45) is 1.44. The lowest BCUT2D eigenvalue weighted by molar-refractivity contribution is -0.112. The number of nitrogens with zero attached hydrogens (tertiary/aromatic N) is 1. The van der Waals surface area contributed by atoms with Gasteiger partial charge in [-0.25, -0.2) is 4.79 Å². The lowest BCUT2D eigenvalue weighted by atomic mass is 10.1. The topological polar surface area (TPSA) is 88.4 Å². The number of hydrogen-bond donors (Lipinski definition) is 1. The molecule has 34 heavy (non-hydrogen) atoms. The minimum Gasteiger partial charge on any atom is -0.487 e. The van der Waals surface area contributed by atoms with Crippen LogP contribution in [-0.4, -0.2) is 18.5 Å². The van der Waals surface area contributed by atoms with Crippen LogP contribution < -0.4 is 10.1 Å². The summed E-state index contributed by atoms with van der Waals surface area (Å²) in [5, 5.41) is 12.5. The Morgan fingerprint density at radius 1 is 1.09 bits per heavy atom. The third kappa shape index (κ3) is 6.95. The molecule has 0 saturated heterocycles. The first-order valence-corrected chi connectivity index (χ1v) is 11.4. The fraction of sp³-hybridized carbons (Fsp3) is 0.115. The lowest BCUT2D eigenvalue weighted by Crippen LogP contribution is -2.13. The second kappa shape index (κ2) is 12.0. The molecule has 8 heteroatoms. The molecule has 0 fully saturated rings. The number of hydrogen-bond acceptors (Lipinski definition) is 5. The monoisotopic (exact) mass is 538 g/mol. The van der Waals surface area contributed by atoms with Crippen molar-refractivity contribution >= 4 is 51.2 Å². The Morgan fingerprint density at radius 3 is 2.41 bits per heavy atom. The highest BCUT2D eigenvalue weighted by atomic mass is 79.9. The zero-order chi connectivity index (χ0) is 24.5. The maximum atomic E-state index is 12.5. The number of carbonyl (C=O) groups is 2. The van der Waals surface area contributed by atoms with E-state index in [1.807, 2.05) is 30.3 Å². The van der Waals surface area contributed by atoms with Crippen LogP contribution in [0.25, 0.3) is 6.08 Å². The van der Waals surface area contributed by atoms with Crippen molar-refractivity contribution in [3.63, 3.8) is 0 Å². The van der Waals surface area contributed by atoms with Gasteiger partial charge in [-0.3, -0.25) is 4.79 Å². The number of halogens is 2. The zero-order valence-corrected chi connectivity index (χ0v) is 20.5. The number of esters is 1. The summed E-state index contributed by atoms with van der Waals surface area (Å²) in [6, 6.07) is 20.9. The van der Waals surface area contributed by atoms with Gasteiger partial charge in [0.05, 0.1) is 17.2 Å². The van der Waals surface area contributed by atoms with Crippen molar-refractivity contribution in [3.8, 4) is 11.8 Å². The molecule has 0 atom stereocenters. The molecule has 3 rings (SSSR count). The first kappa shape index (κ1) is 25.0. The third-order valence-corrected chi connectivity index (χ3v) is 5.42. The molecule has 3 aromatic rings. The Morgan fingerprint density at radius 2 is 1.79 bits per heavy atom. The van der Waals surface area contributed by atoms with E-state index in [1.54, 1.807) is 37.3 Å². The highest BCUT2D eigenvalue weighted by Gasteiger charge is 2.12. The minimum absolute atomic E-state index is 0.103. The highest BCUT2D eigenvalue weighted by molar-refractivity contribution is 9.10. The molecular weight excluding hydrogens is 520 g/mol. The van der Waals surface area contributed by atoms with E-state index < -0.39 is 11.9 Å². The van der Waals surface area contributed by atoms with Gasteiger partial charge in [0.1, 0.15) is 24.0 Å². The second-order valence-corrected chi connectivity index (χ2v) is 8.35. The predicted molar refractivity (Wildman–Crippen MR) is 135 cm³/mol. The van der Waals surface area contributed by atoms with E-state index in [4.69, 9.17) is 21.1 Å². The van der Waals surface area contributed by atoms with Crippen molar-refractivity contribution in [1.82, 2.24) is 0 Å². The molecule has 6 nitrogen and oxygen atoms in total. The summed E-state index contributed by atoms with van der Waals surface area (Å²) in [6.45, 7) is 2.35. The third-order valence-electron chi connectivity index (χ3n) is 4.59. The van der Waals surface area contributed by atoms with E-state index in [2.05, 4.69) is 21.2 Å². The summed E-state index contributed by atoms with van der Waals surface area (Å²) in [7, 11) is 0. The van der Waals surface area contributed by atoms with Crippen molar-refractivity contribution in [2.24, 2.45) is 0 Å². The van der Waals surface area contributed by atoms with E-state index in [9.17, 15) is 14.9 Å². The average molecular weight is 540 g/mol. The molecule has 1 amide bonds. The Kier molecular flexibility index (Phi) is 8.86. The Balaban J connectivity index is 1.66. The number of anilines is 1. The van der Waals surface area contributed by atoms with Gasteiger partial charge in [-0.05, 0) is 72.7 Å². The molecule has 0 saturated carbocycles. The number of amides is 1. The summed E-state index contributed by atoms with van der Waals surface area (Å²) in [5.41, 5.74) is 2.27. The van der Waals surface area contributed by atoms with Crippen LogP contribution in [0.15, 0.2) is 76.8 Å². The van der Waals surface area contributed by atoms with Crippen molar-refractivity contribution in [2.45, 2.75) is 13.5 Å². The van der Waals surface area contributed by atoms with Crippen LogP contribution in [0.1, 0.15) is 28.4 Å². The van der Waals surface area contributed by atoms with E-state index in [0.29, 0.717) is 34.2 Å². The number of carbonyl (C=O) groups excluding carboxylic acids is 2. The second-order valence-electron chi connectivity index (χ2n) is 7.03. The van der Waals surface area contributed by atoms with Crippen molar-refractivity contribution < 1.29 is 19.1 Å². The molecule has 1 N–H and O–H groups in total. The van der Waals surface area contributed by atoms with Crippen LogP contribution >= 0.6 is 27.5 Å². The fourth-order valence-corrected chi connectivity index (χ4v) is 3.39. The van der Waals surface area contributed by atoms with Crippen LogP contribution in [0.3, 0.4) is 0 Å². The molecule has 172 valence electrons. The largest absolute Gasteiger partial charge is 0.487 e. The Hall–Kier alpha value is -3.60. The van der Waals surface area contributed by atoms with E-state index in [0.717, 1.165) is 10.0 Å². The predicted octanol–water partition coefficient (Wildman–Crippen LogP) is 6.40. The highest BCUT2D eigenvalue weighted by Crippen LogP contribution is 2.27. The van der Waals surface area contributed by atoms with Crippen molar-refractivity contribution in [1.29, 1.82) is 5.26 Å². The van der Waals surface area contributed by atoms with Gasteiger partial charge >= 0.3 is 5.97 Å². The molecule has 0 aromatic heterocycles. The summed E-state index contributed by atoms with van der Waals surface area (Å²) in [4.78, 5) is 24.3. The van der Waals surface area contributed by atoms with Crippen LogP contribution in [0.2, 0.25) is 5.02 Å². The SMILES string of the molecule is CCOC(=O)c1ccc(NC(=O)/C(C#N)=C/c2ccc(OCc3ccc(Br)cc3)c(Cl)c2)cc1. The van der Waals surface area contributed by atoms with E-state index in [1.165, 1.54) is 18.2 Å². The standard InChI is InChI=1S/C26H20BrClN2O4/c1-2-33-26(32)19-6-10-22(11-7-19)30-25(31)20(15-29)13-18-5-12-24(23(28)14-18)34-16-17-3-8-21(27)9-4-17/h3-14H,2,16H2,1H3,(H,30,31)/b20-13+. The van der Waals surface area contributed by atoms with Gasteiger partial charge in [0.15, 0.2) is 0 Å². The maximum Gasteiger partial charge on any atom is 0.338 e. The summed E-state index contributed by atoms with van der Waals surface area (Å²) < 4.78 is 11.7. The molecular formula is C26H20BrClN2O4. The Bertz CT molecular complexity index is 1250. The zero-order valence-electron chi connectivity index (χ0n) is 18.2. The molecule has 0 aliphatic rings. The van der Waals surface area contributed by atoms with Crippen LogP contribution in [-0.2, 0) is 16.1 Å². The van der Waals surface area contributed by atoms with Crippen LogP contribution in [0.5, 0.6) is 5.75 Å². The van der Waals surface area contributed by atoms with Gasteiger partial charge in [0, 0.05) is 10.2 Å². The molecule has 3 aromatic carbocycles. The van der Waals surface area contributed by atoms with Crippen LogP contribution in [0, 0.1) is 11.3 Å². The minimum atomic E-state index is -0.585. The first-order valence-electron chi connectivity index (χ1n) is 10.3. The van der Waals surface area contributed by atoms with E-state index >= 15 is 0 Å². The van der Waals surface area contributed by atoms with Crippen molar-refractivity contribution in [2.75, 3.05) is 11.9 Å². The maximum absolute atomic E-state index is 12.5.